The number of ether oxygens (including phenoxy) is 3. The fourth-order valence-electron chi connectivity index (χ4n) is 2.91. The van der Waals surface area contributed by atoms with Crippen LogP contribution in [0.1, 0.15) is 26.7 Å². The first-order chi connectivity index (χ1) is 11.1. The predicted octanol–water partition coefficient (Wildman–Crippen LogP) is 5.06. The monoisotopic (exact) mass is 312 g/mol. The predicted molar refractivity (Wildman–Crippen MR) is 91.2 cm³/mol. The van der Waals surface area contributed by atoms with Crippen LogP contribution in [-0.4, -0.2) is 18.8 Å². The van der Waals surface area contributed by atoms with Crippen LogP contribution in [-0.2, 0) is 4.74 Å². The van der Waals surface area contributed by atoms with Crippen molar-refractivity contribution < 1.29 is 14.2 Å². The second-order valence-electron chi connectivity index (χ2n) is 6.66. The molecule has 3 heteroatoms. The molecule has 0 aromatic heterocycles. The van der Waals surface area contributed by atoms with Gasteiger partial charge in [-0.25, -0.2) is 0 Å². The molecule has 0 amide bonds. The molecule has 0 saturated carbocycles. The molecule has 2 aromatic carbocycles. The van der Waals surface area contributed by atoms with Crippen molar-refractivity contribution in [2.45, 2.75) is 32.3 Å². The molecular weight excluding hydrogens is 288 g/mol. The van der Waals surface area contributed by atoms with Gasteiger partial charge in [0.25, 0.3) is 0 Å². The summed E-state index contributed by atoms with van der Waals surface area (Å²) in [5.74, 6) is 3.13. The van der Waals surface area contributed by atoms with Crippen LogP contribution < -0.4 is 9.47 Å². The summed E-state index contributed by atoms with van der Waals surface area (Å²) in [5, 5.41) is 0. The molecule has 23 heavy (non-hydrogen) atoms. The van der Waals surface area contributed by atoms with Crippen LogP contribution in [0.2, 0.25) is 0 Å². The first-order valence-corrected chi connectivity index (χ1v) is 8.20. The van der Waals surface area contributed by atoms with Crippen LogP contribution in [0.25, 0.3) is 0 Å². The minimum absolute atomic E-state index is 0.0289. The van der Waals surface area contributed by atoms with Crippen LogP contribution >= 0.6 is 0 Å². The Labute approximate surface area is 138 Å². The van der Waals surface area contributed by atoms with Crippen molar-refractivity contribution in [3.8, 4) is 17.2 Å². The van der Waals surface area contributed by atoms with E-state index < -0.39 is 0 Å². The molecular formula is C20H24O3. The van der Waals surface area contributed by atoms with Gasteiger partial charge in [0.2, 0.25) is 0 Å². The molecule has 0 spiro atoms. The quantitative estimate of drug-likeness (QED) is 0.746. The summed E-state index contributed by atoms with van der Waals surface area (Å²) in [6.07, 6.45) is 2.14. The third-order valence-electron chi connectivity index (χ3n) is 4.09. The van der Waals surface area contributed by atoms with Gasteiger partial charge in [-0.1, -0.05) is 18.2 Å². The Balaban J connectivity index is 1.45. The van der Waals surface area contributed by atoms with Crippen molar-refractivity contribution in [1.82, 2.24) is 0 Å². The molecule has 1 fully saturated rings. The Morgan fingerprint density at radius 3 is 2.26 bits per heavy atom. The van der Waals surface area contributed by atoms with Gasteiger partial charge in [0.1, 0.15) is 17.2 Å². The van der Waals surface area contributed by atoms with Crippen molar-refractivity contribution in [3.63, 3.8) is 0 Å². The van der Waals surface area contributed by atoms with Crippen molar-refractivity contribution in [1.29, 1.82) is 0 Å². The summed E-state index contributed by atoms with van der Waals surface area (Å²) >= 11 is 0. The first-order valence-electron chi connectivity index (χ1n) is 8.20. The fourth-order valence-corrected chi connectivity index (χ4v) is 2.91. The molecule has 1 heterocycles. The van der Waals surface area contributed by atoms with Crippen molar-refractivity contribution in [2.24, 2.45) is 5.92 Å². The number of hydrogen-bond donors (Lipinski definition) is 0. The maximum absolute atomic E-state index is 5.83. The standard InChI is InChI=1S/C20H24O3/c1-20(2)14-16(15-22-20)12-13-21-17-8-10-19(11-9-17)23-18-6-4-3-5-7-18/h3-11,16H,12-15H2,1-2H3. The maximum Gasteiger partial charge on any atom is 0.127 e. The number of rotatable bonds is 6. The third kappa shape index (κ3) is 4.73. The van der Waals surface area contributed by atoms with Crippen molar-refractivity contribution in [2.75, 3.05) is 13.2 Å². The molecule has 0 aliphatic carbocycles. The van der Waals surface area contributed by atoms with Gasteiger partial charge in [-0.05, 0) is 69.0 Å². The lowest BCUT2D eigenvalue weighted by atomic mass is 9.96. The Kier molecular flexibility index (Phi) is 4.87. The van der Waals surface area contributed by atoms with E-state index in [9.17, 15) is 0 Å². The van der Waals surface area contributed by atoms with Crippen molar-refractivity contribution >= 4 is 0 Å². The maximum atomic E-state index is 5.83. The van der Waals surface area contributed by atoms with Crippen LogP contribution in [0.15, 0.2) is 54.6 Å². The van der Waals surface area contributed by atoms with E-state index in [2.05, 4.69) is 13.8 Å². The SMILES string of the molecule is CC1(C)CC(CCOc2ccc(Oc3ccccc3)cc2)CO1. The fraction of sp³-hybridized carbons (Fsp3) is 0.400. The van der Waals surface area contributed by atoms with E-state index in [1.807, 2.05) is 54.6 Å². The summed E-state index contributed by atoms with van der Waals surface area (Å²) in [6.45, 7) is 5.88. The zero-order chi connectivity index (χ0) is 16.1. The Bertz CT molecular complexity index is 605. The van der Waals surface area contributed by atoms with Crippen LogP contribution in [0.4, 0.5) is 0 Å². The molecule has 3 nitrogen and oxygen atoms in total. The lowest BCUT2D eigenvalue weighted by molar-refractivity contribution is 0.0346. The Morgan fingerprint density at radius 2 is 1.61 bits per heavy atom. The number of benzene rings is 2. The van der Waals surface area contributed by atoms with Crippen molar-refractivity contribution in [3.05, 3.63) is 54.6 Å². The lowest BCUT2D eigenvalue weighted by Crippen LogP contribution is -2.17. The van der Waals surface area contributed by atoms with Gasteiger partial charge in [0.15, 0.2) is 0 Å². The van der Waals surface area contributed by atoms with E-state index in [0.29, 0.717) is 5.92 Å². The average molecular weight is 312 g/mol. The van der Waals surface area contributed by atoms with E-state index >= 15 is 0 Å². The van der Waals surface area contributed by atoms with E-state index in [4.69, 9.17) is 14.2 Å². The molecule has 1 saturated heterocycles. The van der Waals surface area contributed by atoms with Crippen LogP contribution in [0, 0.1) is 5.92 Å². The molecule has 1 aliphatic heterocycles. The topological polar surface area (TPSA) is 27.7 Å². The summed E-state index contributed by atoms with van der Waals surface area (Å²) < 4.78 is 17.4. The second kappa shape index (κ2) is 7.05. The highest BCUT2D eigenvalue weighted by molar-refractivity contribution is 5.35. The average Bonchev–Trinajstić information content (AvgIpc) is 2.89. The molecule has 1 unspecified atom stereocenters. The van der Waals surface area contributed by atoms with Gasteiger partial charge in [-0.3, -0.25) is 0 Å². The van der Waals surface area contributed by atoms with Crippen LogP contribution in [0.5, 0.6) is 17.2 Å². The summed E-state index contributed by atoms with van der Waals surface area (Å²) in [6, 6.07) is 17.5. The molecule has 0 radical (unpaired) electrons. The molecule has 0 N–H and O–H groups in total. The highest BCUT2D eigenvalue weighted by Crippen LogP contribution is 2.31. The largest absolute Gasteiger partial charge is 0.494 e. The zero-order valence-electron chi connectivity index (χ0n) is 13.8. The third-order valence-corrected chi connectivity index (χ3v) is 4.09. The van der Waals surface area contributed by atoms with E-state index in [-0.39, 0.29) is 5.60 Å². The summed E-state index contributed by atoms with van der Waals surface area (Å²) in [5.41, 5.74) is 0.0289. The minimum Gasteiger partial charge on any atom is -0.494 e. The molecule has 3 rings (SSSR count). The minimum atomic E-state index is 0.0289. The van der Waals surface area contributed by atoms with E-state index in [1.165, 1.54) is 0 Å². The molecule has 2 aromatic rings. The summed E-state index contributed by atoms with van der Waals surface area (Å²) in [4.78, 5) is 0. The van der Waals surface area contributed by atoms with Gasteiger partial charge >= 0.3 is 0 Å². The number of hydrogen-bond acceptors (Lipinski definition) is 3. The first kappa shape index (κ1) is 15.9. The van der Waals surface area contributed by atoms with Gasteiger partial charge in [0.05, 0.1) is 18.8 Å². The molecule has 122 valence electrons. The van der Waals surface area contributed by atoms with Gasteiger partial charge in [0, 0.05) is 0 Å². The highest BCUT2D eigenvalue weighted by Gasteiger charge is 2.31. The summed E-state index contributed by atoms with van der Waals surface area (Å²) in [7, 11) is 0. The Morgan fingerprint density at radius 1 is 0.957 bits per heavy atom. The second-order valence-corrected chi connectivity index (χ2v) is 6.66. The highest BCUT2D eigenvalue weighted by atomic mass is 16.5. The normalized spacial score (nSPS) is 19.5. The number of para-hydroxylation sites is 1. The van der Waals surface area contributed by atoms with Gasteiger partial charge in [-0.2, -0.15) is 0 Å². The Hall–Kier alpha value is -2.00. The lowest BCUT2D eigenvalue weighted by Gasteiger charge is -2.15. The molecule has 1 atom stereocenters. The zero-order valence-corrected chi connectivity index (χ0v) is 13.8. The van der Waals surface area contributed by atoms with Gasteiger partial charge in [-0.15, -0.1) is 0 Å². The van der Waals surface area contributed by atoms with Gasteiger partial charge < -0.3 is 14.2 Å². The van der Waals surface area contributed by atoms with E-state index in [1.54, 1.807) is 0 Å². The van der Waals surface area contributed by atoms with Crippen LogP contribution in [0.3, 0.4) is 0 Å². The molecule has 1 aliphatic rings. The van der Waals surface area contributed by atoms with E-state index in [0.717, 1.165) is 43.3 Å². The smallest absolute Gasteiger partial charge is 0.127 e. The molecule has 0 bridgehead atoms.